The molecule has 1 aromatic heterocycles. The molecule has 0 bridgehead atoms. The second-order valence-corrected chi connectivity index (χ2v) is 6.27. The molecule has 7 nitrogen and oxygen atoms in total. The number of aromatic carboxylic acids is 1. The number of carbonyl (C=O) groups is 1. The fourth-order valence-electron chi connectivity index (χ4n) is 1.75. The van der Waals surface area contributed by atoms with Crippen molar-refractivity contribution in [2.75, 3.05) is 5.32 Å². The summed E-state index contributed by atoms with van der Waals surface area (Å²) in [5.74, 6) is -1.29. The lowest BCUT2D eigenvalue weighted by Gasteiger charge is -2.12. The van der Waals surface area contributed by atoms with E-state index in [0.717, 1.165) is 6.07 Å². The van der Waals surface area contributed by atoms with Crippen molar-refractivity contribution in [3.63, 3.8) is 0 Å². The van der Waals surface area contributed by atoms with Gasteiger partial charge in [0.05, 0.1) is 28.5 Å². The van der Waals surface area contributed by atoms with E-state index >= 15 is 0 Å². The maximum absolute atomic E-state index is 11.5. The van der Waals surface area contributed by atoms with E-state index in [4.69, 9.17) is 21.8 Å². The van der Waals surface area contributed by atoms with Crippen LogP contribution in [0.3, 0.4) is 0 Å². The summed E-state index contributed by atoms with van der Waals surface area (Å²) in [6.45, 7) is 0.244. The van der Waals surface area contributed by atoms with Crippen LogP contribution >= 0.6 is 11.6 Å². The first-order valence-electron chi connectivity index (χ1n) is 6.02. The lowest BCUT2D eigenvalue weighted by atomic mass is 10.2. The lowest BCUT2D eigenvalue weighted by molar-refractivity contribution is 0.0696. The number of rotatable bonds is 5. The molecule has 1 aromatic carbocycles. The molecule has 22 heavy (non-hydrogen) atoms. The van der Waals surface area contributed by atoms with Gasteiger partial charge in [-0.15, -0.1) is 0 Å². The molecule has 2 aromatic rings. The molecule has 0 unspecified atom stereocenters. The first-order chi connectivity index (χ1) is 10.3. The number of nitrogens with two attached hydrogens (primary N) is 1. The maximum atomic E-state index is 11.5. The van der Waals surface area contributed by atoms with E-state index in [1.807, 2.05) is 0 Å². The standard InChI is InChI=1S/C13H12ClN3O4S/c14-12-10(17-7-9-3-1-2-4-16-9)5-8(13(18)19)6-11(12)22(15,20)21/h1-6,17H,7H2,(H,18,19)(H2,15,20,21). The van der Waals surface area contributed by atoms with E-state index in [2.05, 4.69) is 10.3 Å². The summed E-state index contributed by atoms with van der Waals surface area (Å²) in [6.07, 6.45) is 1.60. The molecule has 1 heterocycles. The van der Waals surface area contributed by atoms with Gasteiger partial charge in [-0.2, -0.15) is 0 Å². The van der Waals surface area contributed by atoms with Crippen LogP contribution in [0.15, 0.2) is 41.4 Å². The highest BCUT2D eigenvalue weighted by Crippen LogP contribution is 2.31. The number of hydrogen-bond acceptors (Lipinski definition) is 5. The van der Waals surface area contributed by atoms with Crippen molar-refractivity contribution in [2.45, 2.75) is 11.4 Å². The minimum absolute atomic E-state index is 0.149. The number of sulfonamides is 1. The summed E-state index contributed by atoms with van der Waals surface area (Å²) in [4.78, 5) is 14.7. The molecule has 9 heteroatoms. The van der Waals surface area contributed by atoms with Crippen LogP contribution < -0.4 is 10.5 Å². The first kappa shape index (κ1) is 16.2. The monoisotopic (exact) mass is 341 g/mol. The number of anilines is 1. The number of nitrogens with zero attached hydrogens (tertiary/aromatic N) is 1. The largest absolute Gasteiger partial charge is 0.478 e. The Labute approximate surface area is 131 Å². The van der Waals surface area contributed by atoms with Crippen LogP contribution in [0.2, 0.25) is 5.02 Å². The van der Waals surface area contributed by atoms with E-state index in [1.54, 1.807) is 24.4 Å². The molecule has 0 aliphatic carbocycles. The van der Waals surface area contributed by atoms with Crippen molar-refractivity contribution < 1.29 is 18.3 Å². The predicted octanol–water partition coefficient (Wildman–Crippen LogP) is 1.69. The molecule has 2 rings (SSSR count). The summed E-state index contributed by atoms with van der Waals surface area (Å²) in [7, 11) is -4.15. The number of aromatic nitrogens is 1. The Bertz CT molecular complexity index is 810. The predicted molar refractivity (Wildman–Crippen MR) is 81.3 cm³/mol. The van der Waals surface area contributed by atoms with Gasteiger partial charge >= 0.3 is 5.97 Å². The summed E-state index contributed by atoms with van der Waals surface area (Å²) >= 11 is 6.00. The second-order valence-electron chi connectivity index (χ2n) is 4.36. The molecule has 0 spiro atoms. The van der Waals surface area contributed by atoms with Crippen LogP contribution in [-0.2, 0) is 16.6 Å². The van der Waals surface area contributed by atoms with Crippen molar-refractivity contribution >= 4 is 33.3 Å². The third kappa shape index (κ3) is 3.73. The Morgan fingerprint density at radius 1 is 1.36 bits per heavy atom. The second kappa shape index (κ2) is 6.30. The number of carboxylic acid groups (broad SMARTS) is 1. The molecule has 0 aliphatic rings. The number of benzene rings is 1. The highest BCUT2D eigenvalue weighted by Gasteiger charge is 2.20. The minimum Gasteiger partial charge on any atom is -0.478 e. The molecule has 4 N–H and O–H groups in total. The van der Waals surface area contributed by atoms with Crippen LogP contribution in [0.5, 0.6) is 0 Å². The maximum Gasteiger partial charge on any atom is 0.335 e. The highest BCUT2D eigenvalue weighted by atomic mass is 35.5. The number of carboxylic acids is 1. The summed E-state index contributed by atoms with van der Waals surface area (Å²) in [5, 5.41) is 16.8. The normalized spacial score (nSPS) is 11.2. The SMILES string of the molecule is NS(=O)(=O)c1cc(C(=O)O)cc(NCc2ccccn2)c1Cl. The molecule has 0 saturated carbocycles. The Balaban J connectivity index is 2.42. The number of nitrogens with one attached hydrogen (secondary N) is 1. The summed E-state index contributed by atoms with van der Waals surface area (Å²) in [5.41, 5.74) is 0.588. The zero-order valence-corrected chi connectivity index (χ0v) is 12.7. The van der Waals surface area contributed by atoms with Gasteiger partial charge in [-0.3, -0.25) is 4.98 Å². The molecular formula is C13H12ClN3O4S. The third-order valence-corrected chi connectivity index (χ3v) is 4.23. The third-order valence-electron chi connectivity index (χ3n) is 2.78. The molecule has 0 radical (unpaired) electrons. The van der Waals surface area contributed by atoms with Crippen molar-refractivity contribution in [1.82, 2.24) is 4.98 Å². The van der Waals surface area contributed by atoms with Gasteiger partial charge in [0.25, 0.3) is 0 Å². The van der Waals surface area contributed by atoms with Crippen molar-refractivity contribution in [3.05, 3.63) is 52.8 Å². The van der Waals surface area contributed by atoms with E-state index in [-0.39, 0.29) is 22.8 Å². The van der Waals surface area contributed by atoms with Gasteiger partial charge in [0.15, 0.2) is 0 Å². The van der Waals surface area contributed by atoms with Crippen LogP contribution in [-0.4, -0.2) is 24.5 Å². The van der Waals surface area contributed by atoms with E-state index in [9.17, 15) is 13.2 Å². The van der Waals surface area contributed by atoms with E-state index in [1.165, 1.54) is 6.07 Å². The Kier molecular flexibility index (Phi) is 4.65. The number of pyridine rings is 1. The summed E-state index contributed by atoms with van der Waals surface area (Å²) < 4.78 is 23.0. The number of primary sulfonamides is 1. The molecular weight excluding hydrogens is 330 g/mol. The van der Waals surface area contributed by atoms with Crippen molar-refractivity contribution in [3.8, 4) is 0 Å². The zero-order chi connectivity index (χ0) is 16.3. The first-order valence-corrected chi connectivity index (χ1v) is 7.95. The molecule has 0 atom stereocenters. The number of hydrogen-bond donors (Lipinski definition) is 3. The van der Waals surface area contributed by atoms with Crippen molar-refractivity contribution in [1.29, 1.82) is 0 Å². The molecule has 0 fully saturated rings. The van der Waals surface area contributed by atoms with Crippen molar-refractivity contribution in [2.24, 2.45) is 5.14 Å². The zero-order valence-electron chi connectivity index (χ0n) is 11.2. The lowest BCUT2D eigenvalue weighted by Crippen LogP contribution is -2.15. The average Bonchev–Trinajstić information content (AvgIpc) is 2.45. The van der Waals surface area contributed by atoms with Gasteiger partial charge in [0.1, 0.15) is 4.90 Å². The van der Waals surface area contributed by atoms with Crippen LogP contribution in [0, 0.1) is 0 Å². The topological polar surface area (TPSA) is 122 Å². The van der Waals surface area contributed by atoms with Crippen LogP contribution in [0.1, 0.15) is 16.1 Å². The van der Waals surface area contributed by atoms with Gasteiger partial charge in [0.2, 0.25) is 10.0 Å². The van der Waals surface area contributed by atoms with E-state index < -0.39 is 20.9 Å². The summed E-state index contributed by atoms with van der Waals surface area (Å²) in [6, 6.07) is 7.45. The van der Waals surface area contributed by atoms with Crippen LogP contribution in [0.4, 0.5) is 5.69 Å². The van der Waals surface area contributed by atoms with Gasteiger partial charge < -0.3 is 10.4 Å². The van der Waals surface area contributed by atoms with Gasteiger partial charge in [-0.25, -0.2) is 18.4 Å². The van der Waals surface area contributed by atoms with Gasteiger partial charge in [0, 0.05) is 6.20 Å². The smallest absolute Gasteiger partial charge is 0.335 e. The highest BCUT2D eigenvalue weighted by molar-refractivity contribution is 7.89. The van der Waals surface area contributed by atoms with Crippen LogP contribution in [0.25, 0.3) is 0 Å². The van der Waals surface area contributed by atoms with Gasteiger partial charge in [-0.05, 0) is 24.3 Å². The Morgan fingerprint density at radius 3 is 2.64 bits per heavy atom. The fourth-order valence-corrected chi connectivity index (χ4v) is 2.89. The minimum atomic E-state index is -4.15. The average molecular weight is 342 g/mol. The number of halogens is 1. The fraction of sp³-hybridized carbons (Fsp3) is 0.0769. The Morgan fingerprint density at radius 2 is 2.09 bits per heavy atom. The quantitative estimate of drug-likeness (QED) is 0.760. The molecule has 0 amide bonds. The molecule has 0 aliphatic heterocycles. The van der Waals surface area contributed by atoms with Gasteiger partial charge in [-0.1, -0.05) is 17.7 Å². The molecule has 0 saturated heterocycles. The molecule has 116 valence electrons. The Hall–Kier alpha value is -2.16. The van der Waals surface area contributed by atoms with E-state index in [0.29, 0.717) is 5.69 Å².